The fraction of sp³-hybridized carbons (Fsp3) is 0.375. The van der Waals surface area contributed by atoms with Crippen molar-refractivity contribution in [1.82, 2.24) is 14.3 Å². The van der Waals surface area contributed by atoms with Crippen molar-refractivity contribution < 1.29 is 13.2 Å². The monoisotopic (exact) mass is 364 g/mol. The lowest BCUT2D eigenvalue weighted by Gasteiger charge is -2.26. The maximum absolute atomic E-state index is 12.6. The van der Waals surface area contributed by atoms with Gasteiger partial charge < -0.3 is 15.5 Å². The number of morpholine rings is 1. The molecule has 1 aromatic heterocycles. The first-order chi connectivity index (χ1) is 11.9. The van der Waals surface area contributed by atoms with Gasteiger partial charge in [-0.3, -0.25) is 4.79 Å². The Hall–Kier alpha value is -2.23. The number of hydrogen-bond donors (Lipinski definition) is 2. The second-order valence-electron chi connectivity index (χ2n) is 5.78. The molecule has 134 valence electrons. The predicted molar refractivity (Wildman–Crippen MR) is 92.7 cm³/mol. The van der Waals surface area contributed by atoms with E-state index in [9.17, 15) is 13.2 Å². The van der Waals surface area contributed by atoms with E-state index in [4.69, 9.17) is 10.5 Å². The largest absolute Gasteiger partial charge is 0.383 e. The third-order valence-electron chi connectivity index (χ3n) is 3.99. The van der Waals surface area contributed by atoms with E-state index in [0.29, 0.717) is 45.0 Å². The summed E-state index contributed by atoms with van der Waals surface area (Å²) < 4.78 is 31.8. The molecule has 1 aliphatic heterocycles. The van der Waals surface area contributed by atoms with E-state index in [-0.39, 0.29) is 16.3 Å². The van der Waals surface area contributed by atoms with Crippen LogP contribution in [0.4, 0.5) is 5.82 Å². The van der Waals surface area contributed by atoms with Gasteiger partial charge in [-0.05, 0) is 24.1 Å². The lowest BCUT2D eigenvalue weighted by atomic mass is 10.1. The molecule has 0 radical (unpaired) electrons. The van der Waals surface area contributed by atoms with Crippen LogP contribution < -0.4 is 11.3 Å². The second-order valence-corrected chi connectivity index (χ2v) is 7.72. The Labute approximate surface area is 145 Å². The number of hydrogen-bond acceptors (Lipinski definition) is 6. The van der Waals surface area contributed by atoms with Crippen LogP contribution >= 0.6 is 0 Å². The molecule has 1 fully saturated rings. The van der Waals surface area contributed by atoms with Crippen LogP contribution in [0.5, 0.6) is 0 Å². The summed E-state index contributed by atoms with van der Waals surface area (Å²) in [5.74, 6) is 0.695. The minimum atomic E-state index is -3.48. The molecule has 0 spiro atoms. The highest BCUT2D eigenvalue weighted by atomic mass is 32.2. The third-order valence-corrected chi connectivity index (χ3v) is 5.91. The van der Waals surface area contributed by atoms with Crippen LogP contribution in [0.25, 0.3) is 0 Å². The molecule has 3 N–H and O–H groups in total. The maximum Gasteiger partial charge on any atom is 0.252 e. The molecule has 2 aromatic rings. The van der Waals surface area contributed by atoms with E-state index in [1.807, 2.05) is 0 Å². The fourth-order valence-corrected chi connectivity index (χ4v) is 4.08. The van der Waals surface area contributed by atoms with Gasteiger partial charge in [-0.15, -0.1) is 0 Å². The third kappa shape index (κ3) is 4.25. The van der Waals surface area contributed by atoms with Gasteiger partial charge in [0.2, 0.25) is 10.0 Å². The molecule has 0 saturated carbocycles. The number of ether oxygens (including phenoxy) is 1. The van der Waals surface area contributed by atoms with Crippen molar-refractivity contribution in [2.45, 2.75) is 17.7 Å². The number of rotatable bonds is 5. The van der Waals surface area contributed by atoms with Crippen LogP contribution in [-0.2, 0) is 27.6 Å². The first-order valence-corrected chi connectivity index (χ1v) is 9.42. The van der Waals surface area contributed by atoms with Gasteiger partial charge in [0.1, 0.15) is 11.6 Å². The highest BCUT2D eigenvalue weighted by Gasteiger charge is 2.25. The summed E-state index contributed by atoms with van der Waals surface area (Å²) in [6.07, 6.45) is 1.13. The summed E-state index contributed by atoms with van der Waals surface area (Å²) >= 11 is 0. The second kappa shape index (κ2) is 7.34. The number of sulfonamides is 1. The molecule has 1 saturated heterocycles. The van der Waals surface area contributed by atoms with E-state index in [2.05, 4.69) is 9.97 Å². The van der Waals surface area contributed by atoms with E-state index >= 15 is 0 Å². The van der Waals surface area contributed by atoms with Crippen molar-refractivity contribution in [2.24, 2.45) is 0 Å². The van der Waals surface area contributed by atoms with Gasteiger partial charge in [0, 0.05) is 25.6 Å². The quantitative estimate of drug-likeness (QED) is 0.780. The average Bonchev–Trinajstić information content (AvgIpc) is 2.60. The highest BCUT2D eigenvalue weighted by molar-refractivity contribution is 7.89. The number of aromatic nitrogens is 2. The summed E-state index contributed by atoms with van der Waals surface area (Å²) in [5, 5.41) is 0. The molecule has 2 heterocycles. The highest BCUT2D eigenvalue weighted by Crippen LogP contribution is 2.18. The molecule has 0 aliphatic carbocycles. The zero-order chi connectivity index (χ0) is 17.9. The molecule has 9 heteroatoms. The van der Waals surface area contributed by atoms with Crippen LogP contribution in [0.1, 0.15) is 11.4 Å². The first kappa shape index (κ1) is 17.6. The SMILES string of the molecule is Nc1cc(=O)[nH]c(CCc2ccc(S(=O)(=O)N3CCOCC3)cc2)n1. The number of nitrogen functional groups attached to an aromatic ring is 1. The Kier molecular flexibility index (Phi) is 5.16. The topological polar surface area (TPSA) is 118 Å². The lowest BCUT2D eigenvalue weighted by molar-refractivity contribution is 0.0730. The molecule has 1 aliphatic rings. The number of nitrogens with two attached hydrogens (primary N) is 1. The Morgan fingerprint density at radius 1 is 1.16 bits per heavy atom. The van der Waals surface area contributed by atoms with E-state index in [0.717, 1.165) is 5.56 Å². The van der Waals surface area contributed by atoms with Crippen molar-refractivity contribution in [3.05, 3.63) is 52.1 Å². The molecule has 0 unspecified atom stereocenters. The summed E-state index contributed by atoms with van der Waals surface area (Å²) in [4.78, 5) is 18.4. The maximum atomic E-state index is 12.6. The number of nitrogens with zero attached hydrogens (tertiary/aromatic N) is 2. The average molecular weight is 364 g/mol. The summed E-state index contributed by atoms with van der Waals surface area (Å²) in [5.41, 5.74) is 6.22. The molecule has 8 nitrogen and oxygen atoms in total. The van der Waals surface area contributed by atoms with Crippen LogP contribution in [0.3, 0.4) is 0 Å². The number of H-pyrrole nitrogens is 1. The lowest BCUT2D eigenvalue weighted by Crippen LogP contribution is -2.40. The zero-order valence-electron chi connectivity index (χ0n) is 13.6. The molecule has 25 heavy (non-hydrogen) atoms. The number of aromatic amines is 1. The summed E-state index contributed by atoms with van der Waals surface area (Å²) in [6.45, 7) is 1.59. The molecular weight excluding hydrogens is 344 g/mol. The molecule has 3 rings (SSSR count). The van der Waals surface area contributed by atoms with Crippen molar-refractivity contribution in [3.8, 4) is 0 Å². The van der Waals surface area contributed by atoms with Gasteiger partial charge in [-0.2, -0.15) is 4.31 Å². The van der Waals surface area contributed by atoms with Crippen LogP contribution in [-0.4, -0.2) is 49.0 Å². The summed E-state index contributed by atoms with van der Waals surface area (Å²) in [7, 11) is -3.48. The van der Waals surface area contributed by atoms with E-state index < -0.39 is 10.0 Å². The van der Waals surface area contributed by atoms with Gasteiger partial charge in [-0.25, -0.2) is 13.4 Å². The first-order valence-electron chi connectivity index (χ1n) is 7.98. The Morgan fingerprint density at radius 3 is 2.48 bits per heavy atom. The predicted octanol–water partition coefficient (Wildman–Crippen LogP) is 0.158. The van der Waals surface area contributed by atoms with Crippen molar-refractivity contribution >= 4 is 15.8 Å². The fourth-order valence-electron chi connectivity index (χ4n) is 2.67. The van der Waals surface area contributed by atoms with Crippen LogP contribution in [0.2, 0.25) is 0 Å². The Bertz CT molecular complexity index is 887. The number of anilines is 1. The minimum absolute atomic E-state index is 0.186. The molecular formula is C16H20N4O4S. The molecule has 0 atom stereocenters. The van der Waals surface area contributed by atoms with Gasteiger partial charge >= 0.3 is 0 Å². The smallest absolute Gasteiger partial charge is 0.252 e. The van der Waals surface area contributed by atoms with Gasteiger partial charge in [0.25, 0.3) is 5.56 Å². The van der Waals surface area contributed by atoms with Gasteiger partial charge in [0.05, 0.1) is 18.1 Å². The van der Waals surface area contributed by atoms with Crippen molar-refractivity contribution in [2.75, 3.05) is 32.0 Å². The van der Waals surface area contributed by atoms with Crippen LogP contribution in [0.15, 0.2) is 40.0 Å². The van der Waals surface area contributed by atoms with Crippen molar-refractivity contribution in [3.63, 3.8) is 0 Å². The Morgan fingerprint density at radius 2 is 1.84 bits per heavy atom. The zero-order valence-corrected chi connectivity index (χ0v) is 14.5. The standard InChI is InChI=1S/C16H20N4O4S/c17-14-11-16(21)19-15(18-14)6-3-12-1-4-13(5-2-12)25(22,23)20-7-9-24-10-8-20/h1-2,4-5,11H,3,6-10H2,(H3,17,18,19,21). The molecule has 1 aromatic carbocycles. The molecule has 0 bridgehead atoms. The van der Waals surface area contributed by atoms with Gasteiger partial charge in [-0.1, -0.05) is 12.1 Å². The van der Waals surface area contributed by atoms with Crippen molar-refractivity contribution in [1.29, 1.82) is 0 Å². The number of benzene rings is 1. The normalized spacial score (nSPS) is 16.0. The minimum Gasteiger partial charge on any atom is -0.383 e. The van der Waals surface area contributed by atoms with Crippen LogP contribution in [0, 0.1) is 0 Å². The number of aryl methyl sites for hydroxylation is 2. The number of nitrogens with one attached hydrogen (secondary N) is 1. The van der Waals surface area contributed by atoms with E-state index in [1.165, 1.54) is 10.4 Å². The molecule has 0 amide bonds. The van der Waals surface area contributed by atoms with Gasteiger partial charge in [0.15, 0.2) is 0 Å². The summed E-state index contributed by atoms with van der Waals surface area (Å²) in [6, 6.07) is 8.00. The Balaban J connectivity index is 1.68. The van der Waals surface area contributed by atoms with E-state index in [1.54, 1.807) is 24.3 Å².